The average Bonchev–Trinajstić information content (AvgIpc) is 2.95. The number of benzene rings is 1. The van der Waals surface area contributed by atoms with E-state index in [-0.39, 0.29) is 5.91 Å². The molecule has 0 atom stereocenters. The second-order valence-electron chi connectivity index (χ2n) is 5.60. The molecule has 0 fully saturated rings. The standard InChI is InChI=1S/C18H20N2O2/c1-3-5-6-16-15-9-7-12-11-13(19-17(21)4-2)8-10-14(12)18(15)20-22-16/h4,8,10-11H,2-3,5-7,9H2,1H3,(H,19,21). The van der Waals surface area contributed by atoms with Crippen molar-refractivity contribution in [1.29, 1.82) is 0 Å². The summed E-state index contributed by atoms with van der Waals surface area (Å²) in [4.78, 5) is 11.4. The Labute approximate surface area is 130 Å². The second kappa shape index (κ2) is 6.18. The molecule has 22 heavy (non-hydrogen) atoms. The fourth-order valence-electron chi connectivity index (χ4n) is 2.91. The van der Waals surface area contributed by atoms with E-state index in [1.54, 1.807) is 0 Å². The van der Waals surface area contributed by atoms with Crippen LogP contribution in [0.1, 0.15) is 36.7 Å². The molecule has 0 radical (unpaired) electrons. The predicted molar refractivity (Wildman–Crippen MR) is 86.8 cm³/mol. The van der Waals surface area contributed by atoms with Crippen molar-refractivity contribution in [1.82, 2.24) is 5.16 Å². The van der Waals surface area contributed by atoms with Crippen molar-refractivity contribution >= 4 is 11.6 Å². The molecule has 1 heterocycles. The van der Waals surface area contributed by atoms with Crippen LogP contribution in [0.5, 0.6) is 0 Å². The second-order valence-corrected chi connectivity index (χ2v) is 5.60. The molecule has 114 valence electrons. The first kappa shape index (κ1) is 14.6. The molecule has 4 nitrogen and oxygen atoms in total. The van der Waals surface area contributed by atoms with Crippen LogP contribution in [0.3, 0.4) is 0 Å². The number of aromatic nitrogens is 1. The fraction of sp³-hybridized carbons (Fsp3) is 0.333. The van der Waals surface area contributed by atoms with Crippen molar-refractivity contribution < 1.29 is 9.32 Å². The van der Waals surface area contributed by atoms with Gasteiger partial charge in [0.1, 0.15) is 11.5 Å². The molecule has 0 unspecified atom stereocenters. The maximum Gasteiger partial charge on any atom is 0.247 e. The third kappa shape index (κ3) is 2.69. The highest BCUT2D eigenvalue weighted by Gasteiger charge is 2.23. The topological polar surface area (TPSA) is 55.1 Å². The van der Waals surface area contributed by atoms with E-state index >= 15 is 0 Å². The van der Waals surface area contributed by atoms with Crippen LogP contribution in [0.2, 0.25) is 0 Å². The van der Waals surface area contributed by atoms with Crippen LogP contribution in [0, 0.1) is 0 Å². The van der Waals surface area contributed by atoms with Crippen LogP contribution in [0.25, 0.3) is 11.3 Å². The van der Waals surface area contributed by atoms with Gasteiger partial charge in [-0.25, -0.2) is 0 Å². The van der Waals surface area contributed by atoms with Gasteiger partial charge in [-0.1, -0.05) is 31.1 Å². The Hall–Kier alpha value is -2.36. The largest absolute Gasteiger partial charge is 0.360 e. The molecule has 1 N–H and O–H groups in total. The van der Waals surface area contributed by atoms with Crippen molar-refractivity contribution in [3.8, 4) is 11.3 Å². The molecule has 4 heteroatoms. The number of aryl methyl sites for hydroxylation is 2. The predicted octanol–water partition coefficient (Wildman–Crippen LogP) is 3.91. The van der Waals surface area contributed by atoms with Gasteiger partial charge in [0.05, 0.1) is 0 Å². The van der Waals surface area contributed by atoms with E-state index < -0.39 is 0 Å². The number of amides is 1. The summed E-state index contributed by atoms with van der Waals surface area (Å²) < 4.78 is 5.56. The molecule has 0 bridgehead atoms. The summed E-state index contributed by atoms with van der Waals surface area (Å²) in [5.41, 5.74) is 5.33. The Morgan fingerprint density at radius 1 is 1.45 bits per heavy atom. The number of rotatable bonds is 5. The SMILES string of the molecule is C=CC(=O)Nc1ccc2c(c1)CCc1c-2noc1CCCC. The Bertz CT molecular complexity index is 716. The van der Waals surface area contributed by atoms with Crippen LogP contribution in [0.4, 0.5) is 5.69 Å². The van der Waals surface area contributed by atoms with E-state index in [1.807, 2.05) is 18.2 Å². The van der Waals surface area contributed by atoms with E-state index in [1.165, 1.54) is 17.2 Å². The summed E-state index contributed by atoms with van der Waals surface area (Å²) in [5.74, 6) is 0.839. The molecule has 1 aliphatic carbocycles. The smallest absolute Gasteiger partial charge is 0.247 e. The summed E-state index contributed by atoms with van der Waals surface area (Å²) in [5, 5.41) is 7.08. The zero-order valence-corrected chi connectivity index (χ0v) is 12.8. The molecule has 1 aromatic carbocycles. The monoisotopic (exact) mass is 296 g/mol. The van der Waals surface area contributed by atoms with Crippen LogP contribution >= 0.6 is 0 Å². The van der Waals surface area contributed by atoms with Gasteiger partial charge in [0.15, 0.2) is 0 Å². The van der Waals surface area contributed by atoms with Gasteiger partial charge in [-0.3, -0.25) is 4.79 Å². The van der Waals surface area contributed by atoms with Gasteiger partial charge < -0.3 is 9.84 Å². The molecule has 0 saturated carbocycles. The van der Waals surface area contributed by atoms with Crippen molar-refractivity contribution in [3.63, 3.8) is 0 Å². The Morgan fingerprint density at radius 2 is 2.32 bits per heavy atom. The molecule has 0 saturated heterocycles. The number of unbranched alkanes of at least 4 members (excludes halogenated alkanes) is 1. The molecule has 1 aliphatic rings. The normalized spacial score (nSPS) is 12.4. The Kier molecular flexibility index (Phi) is 4.09. The van der Waals surface area contributed by atoms with E-state index in [0.29, 0.717) is 0 Å². The number of nitrogens with one attached hydrogen (secondary N) is 1. The third-order valence-electron chi connectivity index (χ3n) is 4.08. The van der Waals surface area contributed by atoms with E-state index in [9.17, 15) is 4.79 Å². The zero-order chi connectivity index (χ0) is 15.5. The lowest BCUT2D eigenvalue weighted by molar-refractivity contribution is -0.111. The number of hydrogen-bond donors (Lipinski definition) is 1. The van der Waals surface area contributed by atoms with Crippen LogP contribution in [-0.2, 0) is 24.1 Å². The molecule has 0 spiro atoms. The van der Waals surface area contributed by atoms with Gasteiger partial charge >= 0.3 is 0 Å². The third-order valence-corrected chi connectivity index (χ3v) is 4.08. The molecule has 0 aliphatic heterocycles. The molecular formula is C18H20N2O2. The molecule has 3 rings (SSSR count). The minimum absolute atomic E-state index is 0.195. The van der Waals surface area contributed by atoms with Gasteiger partial charge in [0.25, 0.3) is 0 Å². The van der Waals surface area contributed by atoms with E-state index in [2.05, 4.69) is 24.0 Å². The highest BCUT2D eigenvalue weighted by Crippen LogP contribution is 2.36. The lowest BCUT2D eigenvalue weighted by Crippen LogP contribution is -2.09. The fourth-order valence-corrected chi connectivity index (χ4v) is 2.91. The van der Waals surface area contributed by atoms with E-state index in [4.69, 9.17) is 4.52 Å². The number of hydrogen-bond acceptors (Lipinski definition) is 3. The highest BCUT2D eigenvalue weighted by atomic mass is 16.5. The molecule has 1 amide bonds. The lowest BCUT2D eigenvalue weighted by atomic mass is 9.88. The summed E-state index contributed by atoms with van der Waals surface area (Å²) >= 11 is 0. The van der Waals surface area contributed by atoms with Crippen molar-refractivity contribution in [2.45, 2.75) is 39.0 Å². The number of nitrogens with zero attached hydrogens (tertiary/aromatic N) is 1. The van der Waals surface area contributed by atoms with Gasteiger partial charge in [-0.05, 0) is 43.0 Å². The van der Waals surface area contributed by atoms with Crippen molar-refractivity contribution in [2.24, 2.45) is 0 Å². The highest BCUT2D eigenvalue weighted by molar-refractivity contribution is 5.99. The summed E-state index contributed by atoms with van der Waals surface area (Å²) in [6, 6.07) is 5.92. The first-order valence-corrected chi connectivity index (χ1v) is 7.77. The van der Waals surface area contributed by atoms with Gasteiger partial charge in [-0.15, -0.1) is 0 Å². The minimum atomic E-state index is -0.195. The lowest BCUT2D eigenvalue weighted by Gasteiger charge is -2.16. The average molecular weight is 296 g/mol. The molecular weight excluding hydrogens is 276 g/mol. The van der Waals surface area contributed by atoms with Crippen molar-refractivity contribution in [3.05, 3.63) is 47.7 Å². The van der Waals surface area contributed by atoms with Gasteiger partial charge in [-0.2, -0.15) is 0 Å². The maximum absolute atomic E-state index is 11.4. The summed E-state index contributed by atoms with van der Waals surface area (Å²) in [7, 11) is 0. The van der Waals surface area contributed by atoms with Gasteiger partial charge in [0, 0.05) is 23.2 Å². The van der Waals surface area contributed by atoms with E-state index in [0.717, 1.165) is 54.8 Å². The zero-order valence-electron chi connectivity index (χ0n) is 12.8. The van der Waals surface area contributed by atoms with Gasteiger partial charge in [0.2, 0.25) is 5.91 Å². The summed E-state index contributed by atoms with van der Waals surface area (Å²) in [6.07, 6.45) is 6.40. The van der Waals surface area contributed by atoms with Crippen molar-refractivity contribution in [2.75, 3.05) is 5.32 Å². The summed E-state index contributed by atoms with van der Waals surface area (Å²) in [6.45, 7) is 5.64. The number of anilines is 1. The van der Waals surface area contributed by atoms with Crippen LogP contribution < -0.4 is 5.32 Å². The Morgan fingerprint density at radius 3 is 3.09 bits per heavy atom. The maximum atomic E-state index is 11.4. The Balaban J connectivity index is 1.90. The first-order chi connectivity index (χ1) is 10.7. The quantitative estimate of drug-likeness (QED) is 0.851. The number of carbonyl (C=O) groups excluding carboxylic acids is 1. The molecule has 1 aromatic heterocycles. The number of carbonyl (C=O) groups is 1. The minimum Gasteiger partial charge on any atom is -0.360 e. The first-order valence-electron chi connectivity index (χ1n) is 7.77. The number of fused-ring (bicyclic) bond motifs is 3. The van der Waals surface area contributed by atoms with Crippen LogP contribution in [-0.4, -0.2) is 11.1 Å². The van der Waals surface area contributed by atoms with Crippen LogP contribution in [0.15, 0.2) is 35.4 Å². The molecule has 2 aromatic rings.